The van der Waals surface area contributed by atoms with Crippen molar-refractivity contribution in [2.45, 2.75) is 13.3 Å². The topological polar surface area (TPSA) is 62.0 Å². The van der Waals surface area contributed by atoms with Crippen molar-refractivity contribution < 1.29 is 17.9 Å². The zero-order chi connectivity index (χ0) is 23.1. The van der Waals surface area contributed by atoms with E-state index in [9.17, 15) is 13.2 Å². The summed E-state index contributed by atoms with van der Waals surface area (Å²) in [6, 6.07) is 7.77. The van der Waals surface area contributed by atoms with Crippen molar-refractivity contribution in [3.05, 3.63) is 71.3 Å². The van der Waals surface area contributed by atoms with Crippen LogP contribution in [0.3, 0.4) is 0 Å². The van der Waals surface area contributed by atoms with Gasteiger partial charge in [-0.25, -0.2) is 23.1 Å². The molecule has 0 spiro atoms. The van der Waals surface area contributed by atoms with E-state index < -0.39 is 23.2 Å². The maximum Gasteiger partial charge on any atom is 0.225 e. The first-order valence-electron chi connectivity index (χ1n) is 10.9. The molecule has 1 aliphatic carbocycles. The third kappa shape index (κ3) is 3.99. The number of hydrogen-bond donors (Lipinski definition) is 0. The number of aromatic nitrogens is 2. The summed E-state index contributed by atoms with van der Waals surface area (Å²) in [6.07, 6.45) is 4.58. The summed E-state index contributed by atoms with van der Waals surface area (Å²) in [5, 5.41) is 8.83. The molecule has 2 unspecified atom stereocenters. The van der Waals surface area contributed by atoms with Gasteiger partial charge in [-0.1, -0.05) is 13.0 Å². The van der Waals surface area contributed by atoms with Gasteiger partial charge in [0.25, 0.3) is 0 Å². The van der Waals surface area contributed by atoms with E-state index in [4.69, 9.17) is 10.00 Å². The minimum atomic E-state index is -0.841. The Morgan fingerprint density at radius 1 is 1.00 bits per heavy atom. The van der Waals surface area contributed by atoms with E-state index in [1.807, 2.05) is 12.4 Å². The molecule has 2 atom stereocenters. The predicted octanol–water partition coefficient (Wildman–Crippen LogP) is 4.76. The van der Waals surface area contributed by atoms with Gasteiger partial charge < -0.3 is 9.64 Å². The highest BCUT2D eigenvalue weighted by Gasteiger charge is 2.56. The average Bonchev–Trinajstić information content (AvgIpc) is 3.26. The second kappa shape index (κ2) is 8.39. The van der Waals surface area contributed by atoms with Crippen molar-refractivity contribution in [1.82, 2.24) is 9.97 Å². The fourth-order valence-electron chi connectivity index (χ4n) is 4.58. The van der Waals surface area contributed by atoms with Gasteiger partial charge in [-0.15, -0.1) is 0 Å². The Hall–Kier alpha value is -3.60. The molecule has 3 aromatic rings. The van der Waals surface area contributed by atoms with Gasteiger partial charge in [-0.2, -0.15) is 5.26 Å². The van der Waals surface area contributed by atoms with Crippen molar-refractivity contribution in [1.29, 1.82) is 5.26 Å². The van der Waals surface area contributed by atoms with Gasteiger partial charge in [0.15, 0.2) is 17.4 Å². The quantitative estimate of drug-likeness (QED) is 0.542. The van der Waals surface area contributed by atoms with Crippen molar-refractivity contribution >= 4 is 5.95 Å². The summed E-state index contributed by atoms with van der Waals surface area (Å²) in [4.78, 5) is 11.0. The van der Waals surface area contributed by atoms with Crippen LogP contribution in [-0.4, -0.2) is 29.7 Å². The molecular formula is C25H21F3N4O. The highest BCUT2D eigenvalue weighted by atomic mass is 19.1. The van der Waals surface area contributed by atoms with E-state index in [1.165, 1.54) is 12.1 Å². The molecular weight excluding hydrogens is 429 g/mol. The van der Waals surface area contributed by atoms with E-state index in [2.05, 4.69) is 21.8 Å². The first kappa shape index (κ1) is 21.3. The average molecular weight is 450 g/mol. The van der Waals surface area contributed by atoms with E-state index in [0.717, 1.165) is 43.3 Å². The lowest BCUT2D eigenvalue weighted by atomic mass is 10.0. The van der Waals surface area contributed by atoms with Gasteiger partial charge in [0, 0.05) is 31.4 Å². The van der Waals surface area contributed by atoms with Crippen molar-refractivity contribution in [3.63, 3.8) is 0 Å². The number of halogens is 3. The molecule has 2 aromatic carbocycles. The van der Waals surface area contributed by atoms with E-state index >= 15 is 0 Å². The summed E-state index contributed by atoms with van der Waals surface area (Å²) in [6.45, 7) is 3.90. The number of fused-ring (bicyclic) bond motifs is 1. The number of nitrogens with zero attached hydrogens (tertiary/aromatic N) is 4. The third-order valence-corrected chi connectivity index (χ3v) is 6.60. The zero-order valence-electron chi connectivity index (χ0n) is 17.9. The first-order valence-corrected chi connectivity index (χ1v) is 10.9. The maximum atomic E-state index is 14.6. The molecule has 5 nitrogen and oxygen atoms in total. The first-order chi connectivity index (χ1) is 16.0. The highest BCUT2D eigenvalue weighted by molar-refractivity contribution is 5.65. The normalized spacial score (nSPS) is 20.9. The molecule has 8 heteroatoms. The Labute approximate surface area is 189 Å². The van der Waals surface area contributed by atoms with Gasteiger partial charge in [0.2, 0.25) is 5.95 Å². The molecule has 5 rings (SSSR count). The Kier molecular flexibility index (Phi) is 5.41. The van der Waals surface area contributed by atoms with Crippen LogP contribution in [0.15, 0.2) is 42.7 Å². The Morgan fingerprint density at radius 2 is 1.64 bits per heavy atom. The number of nitriles is 1. The lowest BCUT2D eigenvalue weighted by Crippen LogP contribution is -2.27. The summed E-state index contributed by atoms with van der Waals surface area (Å²) in [5.41, 5.74) is 1.42. The van der Waals surface area contributed by atoms with Crippen LogP contribution < -0.4 is 9.64 Å². The number of aryl methyl sites for hydroxylation is 1. The Morgan fingerprint density at radius 3 is 2.21 bits per heavy atom. The SMILES string of the molecule is CCc1cnc(N2CC3C(COc4c(F)cc(-c5ccc(C#N)c(F)c5)cc4F)C3C2)nc1. The molecule has 2 heterocycles. The van der Waals surface area contributed by atoms with E-state index in [1.54, 1.807) is 6.07 Å². The Bertz CT molecular complexity index is 1210. The van der Waals surface area contributed by atoms with Crippen LogP contribution in [0.4, 0.5) is 19.1 Å². The van der Waals surface area contributed by atoms with Gasteiger partial charge in [-0.3, -0.25) is 0 Å². The molecule has 0 N–H and O–H groups in total. The maximum absolute atomic E-state index is 14.6. The Balaban J connectivity index is 1.21. The van der Waals surface area contributed by atoms with Gasteiger partial charge in [-0.05, 0) is 59.2 Å². The standard InChI is InChI=1S/C25H21F3N4O/c1-2-14-9-30-25(31-10-14)32-11-18-19(12-32)20(18)13-33-24-22(27)6-17(7-23(24)28)15-3-4-16(8-29)21(26)5-15/h3-7,9-10,18-20H,2,11-13H2,1H3. The number of hydrogen-bond acceptors (Lipinski definition) is 5. The number of benzene rings is 2. The van der Waals surface area contributed by atoms with Gasteiger partial charge >= 0.3 is 0 Å². The van der Waals surface area contributed by atoms with Crippen LogP contribution in [0.2, 0.25) is 0 Å². The predicted molar refractivity (Wildman–Crippen MR) is 116 cm³/mol. The minimum absolute atomic E-state index is 0.127. The zero-order valence-corrected chi connectivity index (χ0v) is 17.9. The fraction of sp³-hybridized carbons (Fsp3) is 0.320. The largest absolute Gasteiger partial charge is 0.487 e. The monoisotopic (exact) mass is 450 g/mol. The highest BCUT2D eigenvalue weighted by Crippen LogP contribution is 2.52. The summed E-state index contributed by atoms with van der Waals surface area (Å²) in [7, 11) is 0. The third-order valence-electron chi connectivity index (χ3n) is 6.60. The van der Waals surface area contributed by atoms with E-state index in [0.29, 0.717) is 17.8 Å². The molecule has 2 aliphatic rings. The fourth-order valence-corrected chi connectivity index (χ4v) is 4.58. The molecule has 0 radical (unpaired) electrons. The lowest BCUT2D eigenvalue weighted by molar-refractivity contribution is 0.257. The van der Waals surface area contributed by atoms with Crippen LogP contribution in [0.5, 0.6) is 5.75 Å². The van der Waals surface area contributed by atoms with Crippen molar-refractivity contribution in [2.75, 3.05) is 24.6 Å². The summed E-state index contributed by atoms with van der Waals surface area (Å²) < 4.78 is 48.6. The smallest absolute Gasteiger partial charge is 0.225 e. The van der Waals surface area contributed by atoms with E-state index in [-0.39, 0.29) is 29.2 Å². The molecule has 1 aromatic heterocycles. The van der Waals surface area contributed by atoms with Gasteiger partial charge in [0.1, 0.15) is 11.9 Å². The molecule has 33 heavy (non-hydrogen) atoms. The molecule has 0 amide bonds. The molecule has 1 aliphatic heterocycles. The molecule has 168 valence electrons. The van der Waals surface area contributed by atoms with Crippen LogP contribution in [-0.2, 0) is 6.42 Å². The number of anilines is 1. The number of rotatable bonds is 6. The van der Waals surface area contributed by atoms with Crippen molar-refractivity contribution in [3.8, 4) is 22.9 Å². The summed E-state index contributed by atoms with van der Waals surface area (Å²) in [5.74, 6) is -1.10. The molecule has 2 fully saturated rings. The van der Waals surface area contributed by atoms with Crippen LogP contribution in [0, 0.1) is 46.5 Å². The van der Waals surface area contributed by atoms with Crippen LogP contribution in [0.25, 0.3) is 11.1 Å². The minimum Gasteiger partial charge on any atom is -0.487 e. The van der Waals surface area contributed by atoms with Crippen molar-refractivity contribution in [2.24, 2.45) is 17.8 Å². The second-order valence-corrected chi connectivity index (χ2v) is 8.53. The number of piperidine rings is 1. The molecule has 1 saturated heterocycles. The van der Waals surface area contributed by atoms with Gasteiger partial charge in [0.05, 0.1) is 12.2 Å². The van der Waals surface area contributed by atoms with Crippen LogP contribution in [0.1, 0.15) is 18.1 Å². The molecule has 1 saturated carbocycles. The second-order valence-electron chi connectivity index (χ2n) is 8.53. The molecule has 0 bridgehead atoms. The lowest BCUT2D eigenvalue weighted by Gasteiger charge is -2.20. The van der Waals surface area contributed by atoms with Crippen LogP contribution >= 0.6 is 0 Å². The summed E-state index contributed by atoms with van der Waals surface area (Å²) >= 11 is 0. The number of ether oxygens (including phenoxy) is 1.